The van der Waals surface area contributed by atoms with Crippen LogP contribution in [-0.2, 0) is 0 Å². The molecule has 2 aromatic rings. The molecular weight excluding hydrogens is 519 g/mol. The molecule has 0 spiro atoms. The van der Waals surface area contributed by atoms with Crippen LogP contribution < -0.4 is 15.4 Å². The summed E-state index contributed by atoms with van der Waals surface area (Å²) < 4.78 is 2.02. The highest BCUT2D eigenvalue weighted by Gasteiger charge is 2.34. The molecule has 0 saturated carbocycles. The van der Waals surface area contributed by atoms with Crippen molar-refractivity contribution in [3.63, 3.8) is 0 Å². The van der Waals surface area contributed by atoms with Crippen LogP contribution in [0.2, 0.25) is 0 Å². The molecule has 0 aliphatic rings. The predicted molar refractivity (Wildman–Crippen MR) is 120 cm³/mol. The second kappa shape index (κ2) is 10.1. The van der Waals surface area contributed by atoms with Gasteiger partial charge in [-0.25, -0.2) is 4.72 Å². The fourth-order valence-electron chi connectivity index (χ4n) is 1.83. The van der Waals surface area contributed by atoms with Gasteiger partial charge in [0.2, 0.25) is 3.79 Å². The molecule has 1 atom stereocenters. The quantitative estimate of drug-likeness (QED) is 0.111. The third-order valence-corrected chi connectivity index (χ3v) is 5.38. The van der Waals surface area contributed by atoms with E-state index in [1.807, 2.05) is 24.3 Å². The van der Waals surface area contributed by atoms with Crippen LogP contribution in [0.25, 0.3) is 0 Å². The van der Waals surface area contributed by atoms with Gasteiger partial charge in [-0.15, -0.1) is 0 Å². The van der Waals surface area contributed by atoms with Crippen LogP contribution in [-0.4, -0.2) is 20.0 Å². The molecule has 6 nitrogen and oxygen atoms in total. The minimum atomic E-state index is -1.78. The Kier molecular flexibility index (Phi) is 8.41. The first-order chi connectivity index (χ1) is 12.7. The van der Waals surface area contributed by atoms with Gasteiger partial charge < -0.3 is 10.6 Å². The van der Waals surface area contributed by atoms with Gasteiger partial charge in [-0.3, -0.25) is 10.1 Å². The van der Waals surface area contributed by atoms with E-state index in [0.29, 0.717) is 4.90 Å². The molecule has 0 heterocycles. The Bertz CT molecular complexity index is 821. The van der Waals surface area contributed by atoms with Crippen LogP contribution in [0, 0.1) is 10.1 Å². The first-order valence-electron chi connectivity index (χ1n) is 7.22. The number of alkyl halides is 3. The summed E-state index contributed by atoms with van der Waals surface area (Å²) in [5.41, 5.74) is 0.679. The molecule has 0 bridgehead atoms. The number of hydrogen-bond donors (Lipinski definition) is 3. The Morgan fingerprint density at radius 3 is 2.41 bits per heavy atom. The molecule has 144 valence electrons. The average Bonchev–Trinajstić information content (AvgIpc) is 2.59. The van der Waals surface area contributed by atoms with Gasteiger partial charge in [0.15, 0.2) is 5.11 Å². The van der Waals surface area contributed by atoms with E-state index < -0.39 is 14.9 Å². The first-order valence-corrected chi connectivity index (χ1v) is 10.4. The second-order valence-corrected chi connectivity index (χ2v) is 9.60. The maximum atomic E-state index is 11.1. The van der Waals surface area contributed by atoms with Crippen molar-refractivity contribution >= 4 is 91.4 Å². The number of nitro groups is 1. The third kappa shape index (κ3) is 7.26. The largest absolute Gasteiger partial charge is 0.343 e. The van der Waals surface area contributed by atoms with Gasteiger partial charge in [0.25, 0.3) is 5.69 Å². The summed E-state index contributed by atoms with van der Waals surface area (Å²) in [6, 6.07) is 13.6. The number of nitro benzene ring substituents is 1. The van der Waals surface area contributed by atoms with Crippen molar-refractivity contribution in [3.05, 3.63) is 63.1 Å². The normalized spacial score (nSPS) is 12.3. The highest BCUT2D eigenvalue weighted by atomic mass is 79.9. The van der Waals surface area contributed by atoms with E-state index in [-0.39, 0.29) is 10.8 Å². The van der Waals surface area contributed by atoms with Crippen molar-refractivity contribution < 1.29 is 4.92 Å². The van der Waals surface area contributed by atoms with Crippen molar-refractivity contribution in [1.82, 2.24) is 10.0 Å². The minimum absolute atomic E-state index is 0.0615. The standard InChI is InChI=1S/C15H12BrCl3N4O2S2/c16-9-5-7-10(8-6-9)20-14(26)21-13(15(17,18)19)22-27-12-4-2-1-3-11(12)23(24)25/h1-8,13,22H,(H2,20,21,26). The molecule has 3 N–H and O–H groups in total. The molecule has 0 fully saturated rings. The lowest BCUT2D eigenvalue weighted by Gasteiger charge is -2.27. The Morgan fingerprint density at radius 1 is 1.19 bits per heavy atom. The lowest BCUT2D eigenvalue weighted by Crippen LogP contribution is -2.52. The highest BCUT2D eigenvalue weighted by molar-refractivity contribution is 9.10. The summed E-state index contributed by atoms with van der Waals surface area (Å²) in [5.74, 6) is 0. The number of para-hydroxylation sites is 1. The number of halogens is 4. The average molecular weight is 531 g/mol. The van der Waals surface area contributed by atoms with Crippen molar-refractivity contribution in [3.8, 4) is 0 Å². The molecule has 12 heteroatoms. The molecule has 0 aromatic heterocycles. The lowest BCUT2D eigenvalue weighted by atomic mass is 10.3. The van der Waals surface area contributed by atoms with Crippen LogP contribution >= 0.6 is 74.9 Å². The van der Waals surface area contributed by atoms with Gasteiger partial charge in [-0.05, 0) is 54.5 Å². The van der Waals surface area contributed by atoms with Crippen molar-refractivity contribution in [2.45, 2.75) is 14.9 Å². The van der Waals surface area contributed by atoms with E-state index in [2.05, 4.69) is 31.3 Å². The fourth-order valence-corrected chi connectivity index (χ4v) is 3.72. The Labute approximate surface area is 188 Å². The van der Waals surface area contributed by atoms with Crippen LogP contribution in [0.5, 0.6) is 0 Å². The Morgan fingerprint density at radius 2 is 1.81 bits per heavy atom. The van der Waals surface area contributed by atoms with Gasteiger partial charge in [0, 0.05) is 16.2 Å². The summed E-state index contributed by atoms with van der Waals surface area (Å²) in [6.45, 7) is 0. The Balaban J connectivity index is 2.04. The fraction of sp³-hybridized carbons (Fsp3) is 0.133. The van der Waals surface area contributed by atoms with Crippen molar-refractivity contribution in [1.29, 1.82) is 0 Å². The van der Waals surface area contributed by atoms with Gasteiger partial charge >= 0.3 is 0 Å². The molecule has 0 radical (unpaired) electrons. The number of rotatable bonds is 6. The maximum Gasteiger partial charge on any atom is 0.284 e. The summed E-state index contributed by atoms with van der Waals surface area (Å²) in [5, 5.41) is 17.1. The number of benzene rings is 2. The van der Waals surface area contributed by atoms with Crippen molar-refractivity contribution in [2.24, 2.45) is 0 Å². The molecule has 0 amide bonds. The van der Waals surface area contributed by atoms with E-state index in [4.69, 9.17) is 47.0 Å². The topological polar surface area (TPSA) is 79.2 Å². The first kappa shape index (κ1) is 22.5. The molecular formula is C15H12BrCl3N4O2S2. The molecule has 27 heavy (non-hydrogen) atoms. The zero-order chi connectivity index (χ0) is 20.0. The van der Waals surface area contributed by atoms with Gasteiger partial charge in [-0.1, -0.05) is 62.9 Å². The van der Waals surface area contributed by atoms with E-state index >= 15 is 0 Å². The minimum Gasteiger partial charge on any atom is -0.343 e. The summed E-state index contributed by atoms with van der Waals surface area (Å²) in [4.78, 5) is 11.0. The van der Waals surface area contributed by atoms with Gasteiger partial charge in [0.1, 0.15) is 11.1 Å². The van der Waals surface area contributed by atoms with E-state index in [1.54, 1.807) is 18.2 Å². The van der Waals surface area contributed by atoms with Crippen molar-refractivity contribution in [2.75, 3.05) is 5.32 Å². The predicted octanol–water partition coefficient (Wildman–Crippen LogP) is 5.64. The Hall–Kier alpha value is -0.810. The number of hydrogen-bond acceptors (Lipinski definition) is 5. The summed E-state index contributed by atoms with van der Waals surface area (Å²) in [7, 11) is 0. The molecule has 1 unspecified atom stereocenters. The van der Waals surface area contributed by atoms with E-state index in [1.165, 1.54) is 6.07 Å². The van der Waals surface area contributed by atoms with Crippen LogP contribution in [0.15, 0.2) is 57.9 Å². The monoisotopic (exact) mass is 528 g/mol. The lowest BCUT2D eigenvalue weighted by molar-refractivity contribution is -0.387. The maximum absolute atomic E-state index is 11.1. The smallest absolute Gasteiger partial charge is 0.284 e. The summed E-state index contributed by atoms with van der Waals surface area (Å²) in [6.07, 6.45) is -0.928. The molecule has 0 aliphatic heterocycles. The molecule has 0 saturated heterocycles. The molecule has 0 aliphatic carbocycles. The molecule has 2 rings (SSSR count). The van der Waals surface area contributed by atoms with Crippen LogP contribution in [0.4, 0.5) is 11.4 Å². The van der Waals surface area contributed by atoms with E-state index in [9.17, 15) is 10.1 Å². The van der Waals surface area contributed by atoms with Crippen LogP contribution in [0.3, 0.4) is 0 Å². The number of nitrogens with one attached hydrogen (secondary N) is 3. The summed E-state index contributed by atoms with van der Waals surface area (Å²) >= 11 is 27.6. The number of anilines is 1. The van der Waals surface area contributed by atoms with Gasteiger partial charge in [0.05, 0.1) is 4.92 Å². The second-order valence-electron chi connectivity index (χ2n) is 5.02. The van der Waals surface area contributed by atoms with Gasteiger partial charge in [-0.2, -0.15) is 0 Å². The highest BCUT2D eigenvalue weighted by Crippen LogP contribution is 2.33. The number of thiocarbonyl (C=S) groups is 1. The van der Waals surface area contributed by atoms with Crippen LogP contribution in [0.1, 0.15) is 0 Å². The number of nitrogens with zero attached hydrogens (tertiary/aromatic N) is 1. The third-order valence-electron chi connectivity index (χ3n) is 3.05. The zero-order valence-corrected chi connectivity index (χ0v) is 18.8. The zero-order valence-electron chi connectivity index (χ0n) is 13.3. The van der Waals surface area contributed by atoms with E-state index in [0.717, 1.165) is 22.1 Å². The SMILES string of the molecule is O=[N+]([O-])c1ccccc1SNC(NC(=S)Nc1ccc(Br)cc1)C(Cl)(Cl)Cl. The molecule has 2 aromatic carbocycles.